The maximum Gasteiger partial charge on any atom is 0.416 e. The van der Waals surface area contributed by atoms with Crippen molar-refractivity contribution in [2.75, 3.05) is 5.32 Å². The molecule has 4 aromatic carbocycles. The fourth-order valence-electron chi connectivity index (χ4n) is 4.58. The van der Waals surface area contributed by atoms with Gasteiger partial charge in [0, 0.05) is 43.3 Å². The summed E-state index contributed by atoms with van der Waals surface area (Å²) in [5.74, 6) is -0.581. The van der Waals surface area contributed by atoms with Crippen molar-refractivity contribution < 1.29 is 27.2 Å². The van der Waals surface area contributed by atoms with Crippen molar-refractivity contribution in [1.29, 1.82) is 0 Å². The van der Waals surface area contributed by atoms with Gasteiger partial charge in [-0.1, -0.05) is 54.6 Å². The first-order valence-corrected chi connectivity index (χ1v) is 14.0. The van der Waals surface area contributed by atoms with E-state index in [0.29, 0.717) is 5.56 Å². The fourth-order valence-corrected chi connectivity index (χ4v) is 4.58. The summed E-state index contributed by atoms with van der Waals surface area (Å²) in [6, 6.07) is 28.1. The Hall–Kier alpha value is -5.51. The summed E-state index contributed by atoms with van der Waals surface area (Å²) in [5, 5.41) is 5.51. The van der Waals surface area contributed by atoms with Gasteiger partial charge in [0.15, 0.2) is 0 Å². The summed E-state index contributed by atoms with van der Waals surface area (Å²) < 4.78 is 51.9. The molecule has 228 valence electrons. The molecule has 45 heavy (non-hydrogen) atoms. The van der Waals surface area contributed by atoms with Crippen LogP contribution in [0.2, 0.25) is 0 Å². The number of nitrogens with zero attached hydrogens (tertiary/aromatic N) is 2. The van der Waals surface area contributed by atoms with E-state index in [-0.39, 0.29) is 37.0 Å². The molecule has 0 atom stereocenters. The third-order valence-electron chi connectivity index (χ3n) is 7.02. The molecule has 3 amide bonds. The number of carbonyl (C=O) groups excluding carboxylic acids is 2. The molecule has 0 saturated heterocycles. The van der Waals surface area contributed by atoms with Crippen LogP contribution in [0, 0.1) is 5.82 Å². The van der Waals surface area contributed by atoms with E-state index in [1.807, 2.05) is 42.5 Å². The lowest BCUT2D eigenvalue weighted by Gasteiger charge is -2.23. The van der Waals surface area contributed by atoms with E-state index >= 15 is 0 Å². The van der Waals surface area contributed by atoms with E-state index in [4.69, 9.17) is 0 Å². The van der Waals surface area contributed by atoms with Crippen LogP contribution in [0.4, 0.5) is 28.0 Å². The fraction of sp³-hybridized carbons (Fsp3) is 0.114. The summed E-state index contributed by atoms with van der Waals surface area (Å²) in [6.07, 6.45) is -1.19. The van der Waals surface area contributed by atoms with Crippen molar-refractivity contribution in [3.8, 4) is 11.1 Å². The van der Waals surface area contributed by atoms with E-state index in [1.165, 1.54) is 24.3 Å². The molecule has 0 aliphatic carbocycles. The summed E-state index contributed by atoms with van der Waals surface area (Å²) >= 11 is 0. The van der Waals surface area contributed by atoms with Gasteiger partial charge >= 0.3 is 12.2 Å². The minimum Gasteiger partial charge on any atom is -0.348 e. The van der Waals surface area contributed by atoms with E-state index < -0.39 is 17.8 Å². The molecule has 0 aliphatic heterocycles. The van der Waals surface area contributed by atoms with Crippen LogP contribution in [0.3, 0.4) is 0 Å². The van der Waals surface area contributed by atoms with Crippen LogP contribution < -0.4 is 10.6 Å². The Labute approximate surface area is 257 Å². The number of pyridine rings is 1. The Balaban J connectivity index is 1.24. The lowest BCUT2D eigenvalue weighted by Crippen LogP contribution is -2.34. The molecule has 2 N–H and O–H groups in total. The molecule has 0 radical (unpaired) electrons. The second-order valence-corrected chi connectivity index (χ2v) is 10.3. The second-order valence-electron chi connectivity index (χ2n) is 10.3. The first-order valence-electron chi connectivity index (χ1n) is 14.0. The van der Waals surface area contributed by atoms with Gasteiger partial charge in [0.05, 0.1) is 5.56 Å². The molecule has 1 heterocycles. The lowest BCUT2D eigenvalue weighted by molar-refractivity contribution is -0.137. The number of benzene rings is 4. The Morgan fingerprint density at radius 3 is 1.91 bits per heavy atom. The normalized spacial score (nSPS) is 11.1. The van der Waals surface area contributed by atoms with Gasteiger partial charge in [-0.2, -0.15) is 13.2 Å². The number of carbonyl (C=O) groups is 2. The zero-order valence-electron chi connectivity index (χ0n) is 23.9. The van der Waals surface area contributed by atoms with Crippen LogP contribution in [-0.2, 0) is 25.8 Å². The Morgan fingerprint density at radius 1 is 0.711 bits per heavy atom. The van der Waals surface area contributed by atoms with Crippen molar-refractivity contribution in [3.05, 3.63) is 155 Å². The maximum absolute atomic E-state index is 13.2. The van der Waals surface area contributed by atoms with Crippen LogP contribution in [-0.4, -0.2) is 21.8 Å². The van der Waals surface area contributed by atoms with E-state index in [1.54, 1.807) is 47.6 Å². The molecule has 0 spiro atoms. The molecular formula is C35H28F4N4O2. The number of hydrogen-bond donors (Lipinski definition) is 2. The number of rotatable bonds is 9. The number of amides is 3. The number of nitrogens with one attached hydrogen (secondary N) is 2. The molecule has 0 saturated carbocycles. The van der Waals surface area contributed by atoms with Crippen molar-refractivity contribution >= 4 is 17.6 Å². The highest BCUT2D eigenvalue weighted by Gasteiger charge is 2.30. The van der Waals surface area contributed by atoms with E-state index in [2.05, 4.69) is 15.6 Å². The zero-order chi connectivity index (χ0) is 31.8. The third-order valence-corrected chi connectivity index (χ3v) is 7.02. The number of halogens is 4. The monoisotopic (exact) mass is 612 g/mol. The predicted octanol–water partition coefficient (Wildman–Crippen LogP) is 8.07. The van der Waals surface area contributed by atoms with Crippen molar-refractivity contribution in [2.45, 2.75) is 25.8 Å². The highest BCUT2D eigenvalue weighted by Crippen LogP contribution is 2.30. The second kappa shape index (κ2) is 13.9. The van der Waals surface area contributed by atoms with Gasteiger partial charge < -0.3 is 15.5 Å². The maximum atomic E-state index is 13.2. The highest BCUT2D eigenvalue weighted by atomic mass is 19.4. The first-order chi connectivity index (χ1) is 21.6. The molecule has 0 aliphatic rings. The summed E-state index contributed by atoms with van der Waals surface area (Å²) in [5.41, 5.74) is 4.15. The van der Waals surface area contributed by atoms with Gasteiger partial charge in [-0.05, 0) is 82.4 Å². The topological polar surface area (TPSA) is 74.3 Å². The van der Waals surface area contributed by atoms with Gasteiger partial charge in [-0.3, -0.25) is 9.78 Å². The average molecular weight is 613 g/mol. The minimum atomic E-state index is -4.47. The molecule has 0 fully saturated rings. The van der Waals surface area contributed by atoms with Gasteiger partial charge in [-0.25, -0.2) is 9.18 Å². The minimum absolute atomic E-state index is 0.229. The molecule has 0 bridgehead atoms. The largest absolute Gasteiger partial charge is 0.416 e. The third kappa shape index (κ3) is 8.54. The number of alkyl halides is 3. The smallest absolute Gasteiger partial charge is 0.348 e. The molecule has 5 aromatic rings. The molecule has 5 rings (SSSR count). The molecular weight excluding hydrogens is 584 g/mol. The zero-order valence-corrected chi connectivity index (χ0v) is 23.9. The summed E-state index contributed by atoms with van der Waals surface area (Å²) in [4.78, 5) is 31.5. The average Bonchev–Trinajstić information content (AvgIpc) is 3.05. The molecule has 0 unspecified atom stereocenters. The standard InChI is InChI=1S/C35H28F4N4O2/c36-31-15-5-24(6-16-31)21-41-33(44)29-11-9-28(10-12-29)27-7-3-25(4-8-27)22-43(23-26-2-1-19-40-20-26)34(45)42-32-17-13-30(14-18-32)35(37,38)39/h1-20H,21-23H2,(H,41,44)(H,42,45). The molecule has 10 heteroatoms. The van der Waals surface area contributed by atoms with E-state index in [9.17, 15) is 27.2 Å². The van der Waals surface area contributed by atoms with Crippen LogP contribution in [0.25, 0.3) is 11.1 Å². The van der Waals surface area contributed by atoms with Crippen molar-refractivity contribution in [3.63, 3.8) is 0 Å². The first kappa shape index (κ1) is 30.9. The van der Waals surface area contributed by atoms with Gasteiger partial charge in [-0.15, -0.1) is 0 Å². The van der Waals surface area contributed by atoms with Crippen LogP contribution >= 0.6 is 0 Å². The number of urea groups is 1. The van der Waals surface area contributed by atoms with Gasteiger partial charge in [0.2, 0.25) is 0 Å². The van der Waals surface area contributed by atoms with Gasteiger partial charge in [0.25, 0.3) is 5.91 Å². The van der Waals surface area contributed by atoms with Crippen molar-refractivity contribution in [1.82, 2.24) is 15.2 Å². The molecule has 6 nitrogen and oxygen atoms in total. The van der Waals surface area contributed by atoms with Gasteiger partial charge in [0.1, 0.15) is 5.82 Å². The van der Waals surface area contributed by atoms with Crippen LogP contribution in [0.1, 0.15) is 32.6 Å². The summed E-state index contributed by atoms with van der Waals surface area (Å²) in [7, 11) is 0. The Kier molecular flexibility index (Phi) is 9.52. The Morgan fingerprint density at radius 2 is 1.31 bits per heavy atom. The number of hydrogen-bond acceptors (Lipinski definition) is 3. The quantitative estimate of drug-likeness (QED) is 0.165. The highest BCUT2D eigenvalue weighted by molar-refractivity contribution is 5.94. The lowest BCUT2D eigenvalue weighted by atomic mass is 10.0. The van der Waals surface area contributed by atoms with Crippen LogP contribution in [0.15, 0.2) is 122 Å². The SMILES string of the molecule is O=C(NCc1ccc(F)cc1)c1ccc(-c2ccc(CN(Cc3cccnc3)C(=O)Nc3ccc(C(F)(F)F)cc3)cc2)cc1. The Bertz CT molecular complexity index is 1730. The summed E-state index contributed by atoms with van der Waals surface area (Å²) in [6.45, 7) is 0.740. The van der Waals surface area contributed by atoms with E-state index in [0.717, 1.165) is 39.9 Å². The predicted molar refractivity (Wildman–Crippen MR) is 163 cm³/mol. The van der Waals surface area contributed by atoms with Crippen molar-refractivity contribution in [2.24, 2.45) is 0 Å². The van der Waals surface area contributed by atoms with Crippen LogP contribution in [0.5, 0.6) is 0 Å². The number of anilines is 1. The molecule has 1 aromatic heterocycles. The number of aromatic nitrogens is 1.